The van der Waals surface area contributed by atoms with Gasteiger partial charge in [0.25, 0.3) is 0 Å². The molecule has 0 aliphatic carbocycles. The lowest BCUT2D eigenvalue weighted by atomic mass is 9.93. The topological polar surface area (TPSA) is 0 Å². The molecule has 1 heteroatoms. The summed E-state index contributed by atoms with van der Waals surface area (Å²) in [6.45, 7) is 8.82. The third-order valence-electron chi connectivity index (χ3n) is 6.14. The fraction of sp³-hybridized carbons (Fsp3) is 0.133. The van der Waals surface area contributed by atoms with E-state index < -0.39 is 7.92 Å². The molecule has 4 aromatic rings. The van der Waals surface area contributed by atoms with Gasteiger partial charge in [0.05, 0.1) is 0 Å². The highest BCUT2D eigenvalue weighted by atomic mass is 31.1. The minimum Gasteiger partial charge on any atom is -0.0844 e. The van der Waals surface area contributed by atoms with Crippen LogP contribution in [0.2, 0.25) is 0 Å². The molecule has 0 saturated carbocycles. The number of hydrogen-bond acceptors (Lipinski definition) is 0. The van der Waals surface area contributed by atoms with Crippen LogP contribution in [-0.4, -0.2) is 0 Å². The van der Waals surface area contributed by atoms with Crippen molar-refractivity contribution in [2.24, 2.45) is 0 Å². The number of fused-ring (bicyclic) bond motifs is 1. The molecular weight excluding hydrogens is 391 g/mol. The summed E-state index contributed by atoms with van der Waals surface area (Å²) in [5.74, 6) is 0. The Hall–Kier alpha value is -2.95. The molecule has 0 unspecified atom stereocenters. The van der Waals surface area contributed by atoms with Crippen molar-refractivity contribution in [3.05, 3.63) is 120 Å². The summed E-state index contributed by atoms with van der Waals surface area (Å²) in [6.07, 6.45) is 2.20. The fourth-order valence-electron chi connectivity index (χ4n) is 4.12. The molecular formula is C30H29P. The van der Waals surface area contributed by atoms with Crippen LogP contribution in [0.1, 0.15) is 33.3 Å². The molecule has 4 rings (SSSR count). The average molecular weight is 421 g/mol. The Kier molecular flexibility index (Phi) is 6.50. The summed E-state index contributed by atoms with van der Waals surface area (Å²) < 4.78 is 0. The molecule has 0 fully saturated rings. The Morgan fingerprint density at radius 1 is 0.645 bits per heavy atom. The minimum absolute atomic E-state index is 0.662. The second-order valence-electron chi connectivity index (χ2n) is 7.91. The van der Waals surface area contributed by atoms with Gasteiger partial charge in [-0.05, 0) is 79.0 Å². The van der Waals surface area contributed by atoms with E-state index in [0.717, 1.165) is 0 Å². The number of benzene rings is 4. The molecule has 31 heavy (non-hydrogen) atoms. The lowest BCUT2D eigenvalue weighted by Gasteiger charge is -2.23. The van der Waals surface area contributed by atoms with E-state index in [9.17, 15) is 0 Å². The smallest absolute Gasteiger partial charge is 0.00250 e. The highest BCUT2D eigenvalue weighted by Gasteiger charge is 2.20. The Morgan fingerprint density at radius 3 is 1.74 bits per heavy atom. The first-order chi connectivity index (χ1) is 15.1. The van der Waals surface area contributed by atoms with Gasteiger partial charge in [0.2, 0.25) is 0 Å². The monoisotopic (exact) mass is 420 g/mol. The molecule has 0 aliphatic rings. The van der Waals surface area contributed by atoms with Crippen LogP contribution in [0.5, 0.6) is 0 Å². The third-order valence-corrected chi connectivity index (χ3v) is 8.63. The zero-order valence-corrected chi connectivity index (χ0v) is 19.7. The van der Waals surface area contributed by atoms with Crippen molar-refractivity contribution in [3.63, 3.8) is 0 Å². The first-order valence-electron chi connectivity index (χ1n) is 10.8. The predicted octanol–water partition coefficient (Wildman–Crippen LogP) is 7.36. The van der Waals surface area contributed by atoms with Gasteiger partial charge in [-0.3, -0.25) is 0 Å². The molecule has 0 radical (unpaired) electrons. The van der Waals surface area contributed by atoms with Crippen LogP contribution in [0, 0.1) is 0 Å². The molecule has 4 aromatic carbocycles. The summed E-state index contributed by atoms with van der Waals surface area (Å²) in [5, 5.41) is 6.87. The van der Waals surface area contributed by atoms with Gasteiger partial charge >= 0.3 is 0 Å². The van der Waals surface area contributed by atoms with E-state index in [1.807, 2.05) is 0 Å². The van der Waals surface area contributed by atoms with Crippen LogP contribution in [0.25, 0.3) is 16.3 Å². The maximum atomic E-state index is 2.34. The Morgan fingerprint density at radius 2 is 1.19 bits per heavy atom. The van der Waals surface area contributed by atoms with Gasteiger partial charge in [-0.1, -0.05) is 109 Å². The van der Waals surface area contributed by atoms with E-state index in [0.29, 0.717) is 0 Å². The van der Waals surface area contributed by atoms with Crippen molar-refractivity contribution < 1.29 is 0 Å². The van der Waals surface area contributed by atoms with E-state index >= 15 is 0 Å². The molecule has 0 aromatic heterocycles. The highest BCUT2D eigenvalue weighted by molar-refractivity contribution is 7.80. The van der Waals surface area contributed by atoms with Crippen molar-refractivity contribution in [1.29, 1.82) is 0 Å². The van der Waals surface area contributed by atoms with Gasteiger partial charge in [-0.15, -0.1) is 0 Å². The van der Waals surface area contributed by atoms with Crippen molar-refractivity contribution in [2.75, 3.05) is 0 Å². The van der Waals surface area contributed by atoms with Crippen LogP contribution in [-0.2, 0) is 0 Å². The molecule has 0 saturated heterocycles. The Bertz CT molecular complexity index is 1200. The van der Waals surface area contributed by atoms with E-state index in [4.69, 9.17) is 0 Å². The van der Waals surface area contributed by atoms with Gasteiger partial charge in [0.1, 0.15) is 0 Å². The zero-order chi connectivity index (χ0) is 21.8. The maximum absolute atomic E-state index is 2.34. The fourth-order valence-corrected chi connectivity index (χ4v) is 6.62. The number of rotatable bonds is 5. The lowest BCUT2D eigenvalue weighted by molar-refractivity contribution is 1.32. The molecule has 0 atom stereocenters. The van der Waals surface area contributed by atoms with Crippen molar-refractivity contribution in [3.8, 4) is 0 Å². The zero-order valence-electron chi connectivity index (χ0n) is 18.8. The largest absolute Gasteiger partial charge is 0.0844 e. The van der Waals surface area contributed by atoms with Gasteiger partial charge in [0, 0.05) is 0 Å². The van der Waals surface area contributed by atoms with Crippen LogP contribution in [0.15, 0.2) is 114 Å². The Labute approximate surface area is 187 Å². The summed E-state index contributed by atoms with van der Waals surface area (Å²) in [5.41, 5.74) is 5.38. The molecule has 154 valence electrons. The maximum Gasteiger partial charge on any atom is -0.00250 e. The minimum atomic E-state index is -0.662. The van der Waals surface area contributed by atoms with Crippen LogP contribution < -0.4 is 15.9 Å². The number of allylic oxidation sites excluding steroid dienone is 4. The van der Waals surface area contributed by atoms with E-state index in [1.165, 1.54) is 49.0 Å². The summed E-state index contributed by atoms with van der Waals surface area (Å²) in [6, 6.07) is 35.5. The third kappa shape index (κ3) is 4.27. The first kappa shape index (κ1) is 21.3. The number of hydrogen-bond donors (Lipinski definition) is 0. The predicted molar refractivity (Wildman–Crippen MR) is 140 cm³/mol. The molecule has 0 aliphatic heterocycles. The Balaban J connectivity index is 2.05. The first-order valence-corrected chi connectivity index (χ1v) is 12.2. The van der Waals surface area contributed by atoms with Crippen molar-refractivity contribution in [2.45, 2.75) is 27.7 Å². The standard InChI is InChI=1S/C30H29P/c1-5-22(2)23(3)24(4)28-20-12-14-25-15-13-21-29(30(25)28)31(26-16-8-6-9-17-26)27-18-10-7-11-19-27/h5-21H,1-4H3/b22-5+,24-23-. The van der Waals surface area contributed by atoms with E-state index in [1.54, 1.807) is 0 Å². The van der Waals surface area contributed by atoms with Crippen LogP contribution in [0.4, 0.5) is 0 Å². The van der Waals surface area contributed by atoms with Crippen LogP contribution in [0.3, 0.4) is 0 Å². The van der Waals surface area contributed by atoms with E-state index in [-0.39, 0.29) is 0 Å². The highest BCUT2D eigenvalue weighted by Crippen LogP contribution is 2.38. The van der Waals surface area contributed by atoms with Crippen molar-refractivity contribution >= 4 is 40.2 Å². The lowest BCUT2D eigenvalue weighted by Crippen LogP contribution is -2.21. The molecule has 0 spiro atoms. The molecule has 0 heterocycles. The average Bonchev–Trinajstić information content (AvgIpc) is 2.84. The molecule has 0 amide bonds. The SMILES string of the molecule is C/C=C(C)/C(C)=C(/C)c1cccc2cccc(P(c3ccccc3)c3ccccc3)c12. The van der Waals surface area contributed by atoms with Gasteiger partial charge < -0.3 is 0 Å². The molecule has 0 bridgehead atoms. The molecule has 0 nitrogen and oxygen atoms in total. The van der Waals surface area contributed by atoms with Crippen LogP contribution >= 0.6 is 7.92 Å². The summed E-state index contributed by atoms with van der Waals surface area (Å²) in [7, 11) is -0.662. The van der Waals surface area contributed by atoms with Gasteiger partial charge in [0.15, 0.2) is 0 Å². The second kappa shape index (κ2) is 9.46. The van der Waals surface area contributed by atoms with Gasteiger partial charge in [-0.25, -0.2) is 0 Å². The molecule has 0 N–H and O–H groups in total. The summed E-state index contributed by atoms with van der Waals surface area (Å²) in [4.78, 5) is 0. The van der Waals surface area contributed by atoms with E-state index in [2.05, 4.69) is 131 Å². The van der Waals surface area contributed by atoms with Gasteiger partial charge in [-0.2, -0.15) is 0 Å². The second-order valence-corrected chi connectivity index (χ2v) is 10.1. The van der Waals surface area contributed by atoms with Crippen molar-refractivity contribution in [1.82, 2.24) is 0 Å². The normalized spacial score (nSPS) is 12.9. The quantitative estimate of drug-likeness (QED) is 0.234. The summed E-state index contributed by atoms with van der Waals surface area (Å²) >= 11 is 0.